The van der Waals surface area contributed by atoms with E-state index in [1.807, 2.05) is 33.4 Å². The van der Waals surface area contributed by atoms with Crippen molar-refractivity contribution < 1.29 is 4.79 Å². The van der Waals surface area contributed by atoms with Crippen molar-refractivity contribution in [3.05, 3.63) is 12.2 Å². The topological polar surface area (TPSA) is 20.3 Å². The zero-order chi connectivity index (χ0) is 8.81. The zero-order valence-corrected chi connectivity index (χ0v) is 8.79. The van der Waals surface area contributed by atoms with E-state index in [2.05, 4.69) is 0 Å². The molecular formula is C8H13NOS2. The molecule has 0 unspecified atom stereocenters. The van der Waals surface area contributed by atoms with Crippen molar-refractivity contribution in [2.45, 2.75) is 6.92 Å². The van der Waals surface area contributed by atoms with Gasteiger partial charge in [-0.25, -0.2) is 0 Å². The molecule has 0 saturated carbocycles. The van der Waals surface area contributed by atoms with Gasteiger partial charge in [0.2, 0.25) is 5.91 Å². The maximum Gasteiger partial charge on any atom is 0.246 e. The van der Waals surface area contributed by atoms with Gasteiger partial charge in [-0.2, -0.15) is 0 Å². The van der Waals surface area contributed by atoms with Gasteiger partial charge in [-0.1, -0.05) is 27.7 Å². The lowest BCUT2D eigenvalue weighted by atomic mass is 10.4. The second-order valence-corrected chi connectivity index (χ2v) is 5.17. The molecule has 0 N–H and O–H groups in total. The number of nitrogens with zero attached hydrogens (tertiary/aromatic N) is 1. The van der Waals surface area contributed by atoms with Crippen LogP contribution in [-0.2, 0) is 4.79 Å². The van der Waals surface area contributed by atoms with Gasteiger partial charge >= 0.3 is 0 Å². The molecule has 12 heavy (non-hydrogen) atoms. The van der Waals surface area contributed by atoms with Gasteiger partial charge in [-0.05, 0) is 13.0 Å². The summed E-state index contributed by atoms with van der Waals surface area (Å²) in [7, 11) is 3.71. The first-order chi connectivity index (χ1) is 5.84. The lowest BCUT2D eigenvalue weighted by Crippen LogP contribution is -2.32. The van der Waals surface area contributed by atoms with Crippen LogP contribution in [0.3, 0.4) is 0 Å². The van der Waals surface area contributed by atoms with Crippen molar-refractivity contribution in [3.8, 4) is 0 Å². The summed E-state index contributed by atoms with van der Waals surface area (Å²) in [5.41, 5.74) is 0. The van der Waals surface area contributed by atoms with Crippen molar-refractivity contribution >= 4 is 27.5 Å². The highest BCUT2D eigenvalue weighted by atomic mass is 33.1. The van der Waals surface area contributed by atoms with Crippen LogP contribution in [0, 0.1) is 0 Å². The van der Waals surface area contributed by atoms with Gasteiger partial charge in [0.15, 0.2) is 0 Å². The van der Waals surface area contributed by atoms with Crippen molar-refractivity contribution in [3.63, 3.8) is 0 Å². The highest BCUT2D eigenvalue weighted by Crippen LogP contribution is 2.23. The summed E-state index contributed by atoms with van der Waals surface area (Å²) in [5.74, 6) is 2.25. The largest absolute Gasteiger partial charge is 0.337 e. The lowest BCUT2D eigenvalue weighted by Gasteiger charge is -2.16. The van der Waals surface area contributed by atoms with Crippen molar-refractivity contribution in [2.24, 2.45) is 0 Å². The van der Waals surface area contributed by atoms with E-state index < -0.39 is 0 Å². The average molecular weight is 203 g/mol. The van der Waals surface area contributed by atoms with E-state index in [9.17, 15) is 4.79 Å². The highest BCUT2D eigenvalue weighted by Gasteiger charge is 2.12. The van der Waals surface area contributed by atoms with Crippen LogP contribution in [0.1, 0.15) is 6.92 Å². The molecule has 2 nitrogen and oxygen atoms in total. The summed E-state index contributed by atoms with van der Waals surface area (Å²) in [6.07, 6.45) is 3.44. The summed E-state index contributed by atoms with van der Waals surface area (Å²) < 4.78 is 0. The number of rotatable bonds is 1. The Morgan fingerprint density at radius 3 is 2.42 bits per heavy atom. The van der Waals surface area contributed by atoms with E-state index in [-0.39, 0.29) is 5.91 Å². The van der Waals surface area contributed by atoms with Gasteiger partial charge in [-0.15, -0.1) is 0 Å². The summed E-state index contributed by atoms with van der Waals surface area (Å²) in [6.45, 7) is 3.65. The molecular weight excluding hydrogens is 190 g/mol. The van der Waals surface area contributed by atoms with Crippen molar-refractivity contribution in [2.75, 3.05) is 24.6 Å². The minimum Gasteiger partial charge on any atom is -0.337 e. The number of allylic oxidation sites excluding steroid dienone is 1. The molecule has 0 radical (unpaired) electrons. The number of hydrogen-bond donors (Lipinski definition) is 0. The fourth-order valence-electron chi connectivity index (χ4n) is 0.993. The van der Waals surface area contributed by atoms with Gasteiger partial charge in [0.1, 0.15) is 0 Å². The van der Waals surface area contributed by atoms with Crippen LogP contribution in [0.4, 0.5) is 0 Å². The quantitative estimate of drug-likeness (QED) is 0.479. The summed E-state index contributed by atoms with van der Waals surface area (Å²) in [5, 5.41) is 0. The Kier molecular flexibility index (Phi) is 4.61. The number of carbonyl (C=O) groups excluding carboxylic acids is 1. The normalized spacial score (nSPS) is 19.6. The molecule has 1 aliphatic heterocycles. The molecule has 0 spiro atoms. The third-order valence-electron chi connectivity index (χ3n) is 1.59. The van der Waals surface area contributed by atoms with Gasteiger partial charge in [0.25, 0.3) is 0 Å². The Balaban J connectivity index is 2.42. The maximum absolute atomic E-state index is 11.4. The van der Waals surface area contributed by atoms with E-state index >= 15 is 0 Å². The summed E-state index contributed by atoms with van der Waals surface area (Å²) in [4.78, 5) is 13.3. The predicted molar refractivity (Wildman–Crippen MR) is 56.3 cm³/mol. The smallest absolute Gasteiger partial charge is 0.246 e. The van der Waals surface area contributed by atoms with E-state index in [0.717, 1.165) is 24.6 Å². The minimum atomic E-state index is 0.153. The molecule has 68 valence electrons. The molecule has 1 aliphatic rings. The number of hydrogen-bond acceptors (Lipinski definition) is 3. The minimum absolute atomic E-state index is 0.153. The van der Waals surface area contributed by atoms with Crippen LogP contribution >= 0.6 is 21.6 Å². The fraction of sp³-hybridized carbons (Fsp3) is 0.625. The van der Waals surface area contributed by atoms with Crippen LogP contribution < -0.4 is 0 Å². The molecule has 1 heterocycles. The first-order valence-corrected chi connectivity index (χ1v) is 6.49. The second-order valence-electron chi connectivity index (χ2n) is 2.47. The van der Waals surface area contributed by atoms with Crippen LogP contribution in [0.2, 0.25) is 0 Å². The first kappa shape index (κ1) is 9.99. The third-order valence-corrected chi connectivity index (χ3v) is 3.96. The molecule has 0 aromatic rings. The monoisotopic (exact) mass is 203 g/mol. The highest BCUT2D eigenvalue weighted by molar-refractivity contribution is 8.76. The average Bonchev–Trinajstić information content (AvgIpc) is 2.32. The predicted octanol–water partition coefficient (Wildman–Crippen LogP) is 1.79. The van der Waals surface area contributed by atoms with Crippen molar-refractivity contribution in [1.29, 1.82) is 0 Å². The molecule has 1 amide bonds. The molecule has 4 heteroatoms. The maximum atomic E-state index is 11.4. The Morgan fingerprint density at radius 1 is 1.33 bits per heavy atom. The van der Waals surface area contributed by atoms with Crippen LogP contribution in [-0.4, -0.2) is 35.4 Å². The number of amides is 1. The fourth-order valence-corrected chi connectivity index (χ4v) is 2.97. The molecule has 1 rings (SSSR count). The zero-order valence-electron chi connectivity index (χ0n) is 7.16. The molecule has 0 aliphatic carbocycles. The molecule has 1 fully saturated rings. The molecule has 0 atom stereocenters. The first-order valence-electron chi connectivity index (χ1n) is 4.00. The Labute approximate surface area is 81.2 Å². The standard InChI is InChI=1S/C8H13NOS2/c1-2-3-8(10)9-4-6-11-12-7-5-9/h2-3H,4-7H2,1H3/b3-2+. The van der Waals surface area contributed by atoms with Gasteiger partial charge in [-0.3, -0.25) is 4.79 Å². The third kappa shape index (κ3) is 3.11. The van der Waals surface area contributed by atoms with E-state index in [0.29, 0.717) is 0 Å². The second kappa shape index (κ2) is 5.54. The molecule has 0 bridgehead atoms. The van der Waals surface area contributed by atoms with Crippen molar-refractivity contribution in [1.82, 2.24) is 4.90 Å². The lowest BCUT2D eigenvalue weighted by molar-refractivity contribution is -0.125. The molecule has 0 aromatic carbocycles. The van der Waals surface area contributed by atoms with Crippen LogP contribution in [0.5, 0.6) is 0 Å². The molecule has 1 saturated heterocycles. The van der Waals surface area contributed by atoms with E-state index in [1.165, 1.54) is 0 Å². The molecule has 0 aromatic heterocycles. The Morgan fingerprint density at radius 2 is 1.92 bits per heavy atom. The number of carbonyl (C=O) groups is 1. The van der Waals surface area contributed by atoms with Crippen LogP contribution in [0.15, 0.2) is 12.2 Å². The van der Waals surface area contributed by atoms with Gasteiger partial charge < -0.3 is 4.90 Å². The van der Waals surface area contributed by atoms with E-state index in [1.54, 1.807) is 12.2 Å². The summed E-state index contributed by atoms with van der Waals surface area (Å²) in [6, 6.07) is 0. The van der Waals surface area contributed by atoms with Crippen LogP contribution in [0.25, 0.3) is 0 Å². The van der Waals surface area contributed by atoms with Gasteiger partial charge in [0, 0.05) is 24.6 Å². The SMILES string of the molecule is C/C=C/C(=O)N1CCSSCC1. The van der Waals surface area contributed by atoms with Gasteiger partial charge in [0.05, 0.1) is 0 Å². The Bertz CT molecular complexity index is 174. The van der Waals surface area contributed by atoms with E-state index in [4.69, 9.17) is 0 Å². The summed E-state index contributed by atoms with van der Waals surface area (Å²) >= 11 is 0. The Hall–Kier alpha value is -0.0900.